The van der Waals surface area contributed by atoms with Crippen molar-refractivity contribution in [3.8, 4) is 11.1 Å². The molecule has 3 N–H and O–H groups in total. The number of aromatic amines is 1. The van der Waals surface area contributed by atoms with Crippen LogP contribution in [0.5, 0.6) is 0 Å². The van der Waals surface area contributed by atoms with Crippen LogP contribution in [0.15, 0.2) is 47.2 Å². The molecule has 0 saturated carbocycles. The lowest BCUT2D eigenvalue weighted by Gasteiger charge is -2.03. The van der Waals surface area contributed by atoms with Gasteiger partial charge in [0, 0.05) is 21.9 Å². The molecule has 0 bridgehead atoms. The van der Waals surface area contributed by atoms with Gasteiger partial charge in [-0.1, -0.05) is 18.2 Å². The number of pyridine rings is 1. The molecule has 1 amide bonds. The Bertz CT molecular complexity index is 984. The third-order valence-corrected chi connectivity index (χ3v) is 3.45. The minimum atomic E-state index is -0.583. The van der Waals surface area contributed by atoms with Gasteiger partial charge in [-0.3, -0.25) is 9.89 Å². The van der Waals surface area contributed by atoms with Crippen molar-refractivity contribution in [1.29, 1.82) is 0 Å². The number of aromatic nitrogens is 3. The third kappa shape index (κ3) is 1.69. The second-order valence-corrected chi connectivity index (χ2v) is 4.70. The van der Waals surface area contributed by atoms with Gasteiger partial charge in [-0.25, -0.2) is 4.98 Å². The Kier molecular flexibility index (Phi) is 2.32. The van der Waals surface area contributed by atoms with E-state index in [9.17, 15) is 4.79 Å². The summed E-state index contributed by atoms with van der Waals surface area (Å²) in [6, 6.07) is 9.36. The van der Waals surface area contributed by atoms with Crippen LogP contribution in [0.1, 0.15) is 10.5 Å². The first-order valence-corrected chi connectivity index (χ1v) is 6.34. The predicted octanol–water partition coefficient (Wildman–Crippen LogP) is 2.47. The molecule has 6 nitrogen and oxygen atoms in total. The number of fused-ring (bicyclic) bond motifs is 2. The molecule has 0 spiro atoms. The highest BCUT2D eigenvalue weighted by molar-refractivity contribution is 6.05. The summed E-state index contributed by atoms with van der Waals surface area (Å²) in [4.78, 5) is 15.6. The molecule has 0 atom stereocenters. The minimum absolute atomic E-state index is 0.187. The van der Waals surface area contributed by atoms with Crippen LogP contribution in [0.4, 0.5) is 0 Å². The topological polar surface area (TPSA) is 97.8 Å². The van der Waals surface area contributed by atoms with Gasteiger partial charge in [-0.15, -0.1) is 0 Å². The van der Waals surface area contributed by atoms with Crippen LogP contribution in [-0.4, -0.2) is 21.1 Å². The molecule has 102 valence electrons. The van der Waals surface area contributed by atoms with Crippen molar-refractivity contribution in [3.05, 3.63) is 48.5 Å². The summed E-state index contributed by atoms with van der Waals surface area (Å²) in [5.74, 6) is -0.583. The second kappa shape index (κ2) is 4.17. The van der Waals surface area contributed by atoms with Crippen LogP contribution in [0.2, 0.25) is 0 Å². The molecule has 0 aliphatic rings. The smallest absolute Gasteiger partial charge is 0.267 e. The predicted molar refractivity (Wildman–Crippen MR) is 77.6 cm³/mol. The SMILES string of the molecule is NC(=O)c1cc(-c2coc3ccccc23)c2cn[nH]c2n1. The minimum Gasteiger partial charge on any atom is -0.464 e. The number of hydrogen-bond donors (Lipinski definition) is 2. The number of nitrogens with zero attached hydrogens (tertiary/aromatic N) is 2. The summed E-state index contributed by atoms with van der Waals surface area (Å²) in [7, 11) is 0. The molecule has 0 aliphatic heterocycles. The lowest BCUT2D eigenvalue weighted by atomic mass is 10.0. The first-order chi connectivity index (χ1) is 10.2. The van der Waals surface area contributed by atoms with Gasteiger partial charge in [0.2, 0.25) is 0 Å². The van der Waals surface area contributed by atoms with E-state index < -0.39 is 5.91 Å². The van der Waals surface area contributed by atoms with Crippen molar-refractivity contribution in [2.45, 2.75) is 0 Å². The number of H-pyrrole nitrogens is 1. The summed E-state index contributed by atoms with van der Waals surface area (Å²) in [5, 5.41) is 8.52. The van der Waals surface area contributed by atoms with E-state index in [0.29, 0.717) is 5.65 Å². The Hall–Kier alpha value is -3.15. The van der Waals surface area contributed by atoms with Gasteiger partial charge in [-0.2, -0.15) is 5.10 Å². The number of hydrogen-bond acceptors (Lipinski definition) is 4. The fourth-order valence-electron chi connectivity index (χ4n) is 2.46. The van der Waals surface area contributed by atoms with E-state index in [0.717, 1.165) is 27.5 Å². The molecule has 3 aromatic heterocycles. The number of para-hydroxylation sites is 1. The van der Waals surface area contributed by atoms with Crippen LogP contribution in [0, 0.1) is 0 Å². The Morgan fingerprint density at radius 3 is 2.90 bits per heavy atom. The average Bonchev–Trinajstić information content (AvgIpc) is 3.12. The van der Waals surface area contributed by atoms with Crippen LogP contribution in [0.25, 0.3) is 33.1 Å². The first-order valence-electron chi connectivity index (χ1n) is 6.34. The van der Waals surface area contributed by atoms with Crippen LogP contribution in [0.3, 0.4) is 0 Å². The van der Waals surface area contributed by atoms with E-state index in [-0.39, 0.29) is 5.69 Å². The molecule has 0 saturated heterocycles. The van der Waals surface area contributed by atoms with Crippen molar-refractivity contribution >= 4 is 27.9 Å². The maximum absolute atomic E-state index is 11.5. The Morgan fingerprint density at radius 1 is 1.19 bits per heavy atom. The van der Waals surface area contributed by atoms with Gasteiger partial charge < -0.3 is 10.2 Å². The van der Waals surface area contributed by atoms with Gasteiger partial charge in [0.25, 0.3) is 5.91 Å². The monoisotopic (exact) mass is 278 g/mol. The number of furan rings is 1. The molecular formula is C15H10N4O2. The second-order valence-electron chi connectivity index (χ2n) is 4.70. The molecular weight excluding hydrogens is 268 g/mol. The quantitative estimate of drug-likeness (QED) is 0.588. The van der Waals surface area contributed by atoms with Crippen molar-refractivity contribution in [2.24, 2.45) is 5.73 Å². The summed E-state index contributed by atoms with van der Waals surface area (Å²) < 4.78 is 5.56. The maximum Gasteiger partial charge on any atom is 0.267 e. The van der Waals surface area contributed by atoms with E-state index >= 15 is 0 Å². The number of amides is 1. The van der Waals surface area contributed by atoms with Gasteiger partial charge in [0.1, 0.15) is 11.3 Å². The molecule has 0 unspecified atom stereocenters. The van der Waals surface area contributed by atoms with Crippen LogP contribution < -0.4 is 5.73 Å². The zero-order valence-electron chi connectivity index (χ0n) is 10.8. The molecule has 4 aromatic rings. The van der Waals surface area contributed by atoms with E-state index in [1.165, 1.54) is 0 Å². The van der Waals surface area contributed by atoms with Gasteiger partial charge in [0.15, 0.2) is 5.65 Å². The molecule has 21 heavy (non-hydrogen) atoms. The van der Waals surface area contributed by atoms with Gasteiger partial charge in [0.05, 0.1) is 12.5 Å². The summed E-state index contributed by atoms with van der Waals surface area (Å²) in [6.07, 6.45) is 3.33. The average molecular weight is 278 g/mol. The van der Waals surface area contributed by atoms with Crippen molar-refractivity contribution < 1.29 is 9.21 Å². The number of carbonyl (C=O) groups is 1. The fraction of sp³-hybridized carbons (Fsp3) is 0. The zero-order valence-corrected chi connectivity index (χ0v) is 10.8. The molecule has 0 fully saturated rings. The summed E-state index contributed by atoms with van der Waals surface area (Å²) >= 11 is 0. The number of nitrogens with one attached hydrogen (secondary N) is 1. The molecule has 0 radical (unpaired) electrons. The Balaban J connectivity index is 2.09. The number of nitrogens with two attached hydrogens (primary N) is 1. The standard InChI is InChI=1S/C15H10N4O2/c16-14(20)12-5-9(10-6-17-19-15(10)18-12)11-7-21-13-4-2-1-3-8(11)13/h1-7H,(H2,16,20)(H,17,18,19). The highest BCUT2D eigenvalue weighted by Crippen LogP contribution is 2.34. The van der Waals surface area contributed by atoms with Crippen LogP contribution >= 0.6 is 0 Å². The number of carbonyl (C=O) groups excluding carboxylic acids is 1. The molecule has 3 heterocycles. The third-order valence-electron chi connectivity index (χ3n) is 3.45. The van der Waals surface area contributed by atoms with Gasteiger partial charge in [-0.05, 0) is 12.1 Å². The van der Waals surface area contributed by atoms with Gasteiger partial charge >= 0.3 is 0 Å². The zero-order chi connectivity index (χ0) is 14.4. The summed E-state index contributed by atoms with van der Waals surface area (Å²) in [6.45, 7) is 0. The maximum atomic E-state index is 11.5. The normalized spacial score (nSPS) is 11.2. The highest BCUT2D eigenvalue weighted by atomic mass is 16.3. The molecule has 4 rings (SSSR count). The van der Waals surface area contributed by atoms with E-state index in [1.54, 1.807) is 18.5 Å². The lowest BCUT2D eigenvalue weighted by Crippen LogP contribution is -2.13. The van der Waals surface area contributed by atoms with E-state index in [2.05, 4.69) is 15.2 Å². The lowest BCUT2D eigenvalue weighted by molar-refractivity contribution is 0.0996. The number of primary amides is 1. The number of rotatable bonds is 2. The van der Waals surface area contributed by atoms with Crippen LogP contribution in [-0.2, 0) is 0 Å². The molecule has 6 heteroatoms. The highest BCUT2D eigenvalue weighted by Gasteiger charge is 2.16. The Labute approximate surface area is 118 Å². The molecule has 1 aromatic carbocycles. The largest absolute Gasteiger partial charge is 0.464 e. The Morgan fingerprint density at radius 2 is 2.05 bits per heavy atom. The number of benzene rings is 1. The van der Waals surface area contributed by atoms with E-state index in [4.69, 9.17) is 10.2 Å². The van der Waals surface area contributed by atoms with E-state index in [1.807, 2.05) is 24.3 Å². The van der Waals surface area contributed by atoms with Crippen molar-refractivity contribution in [2.75, 3.05) is 0 Å². The van der Waals surface area contributed by atoms with Crippen molar-refractivity contribution in [1.82, 2.24) is 15.2 Å². The first kappa shape index (κ1) is 11.7. The fourth-order valence-corrected chi connectivity index (χ4v) is 2.46. The summed E-state index contributed by atoms with van der Waals surface area (Å²) in [5.41, 5.74) is 8.52. The van der Waals surface area contributed by atoms with Crippen molar-refractivity contribution in [3.63, 3.8) is 0 Å². The molecule has 0 aliphatic carbocycles.